The van der Waals surface area contributed by atoms with Crippen molar-refractivity contribution in [2.24, 2.45) is 0 Å². The van der Waals surface area contributed by atoms with E-state index in [1.165, 1.54) is 21.1 Å². The summed E-state index contributed by atoms with van der Waals surface area (Å²) >= 11 is 0. The number of hydrogen-bond donors (Lipinski definition) is 1. The zero-order chi connectivity index (χ0) is 13.3. The van der Waals surface area contributed by atoms with Crippen molar-refractivity contribution in [1.82, 2.24) is 0 Å². The molecule has 1 aromatic rings. The molecule has 0 fully saturated rings. The molecule has 0 aliphatic carbocycles. The molecule has 96 valence electrons. The highest BCUT2D eigenvalue weighted by molar-refractivity contribution is 7.54. The van der Waals surface area contributed by atoms with Gasteiger partial charge in [0, 0.05) is 14.2 Å². The van der Waals surface area contributed by atoms with E-state index >= 15 is 0 Å². The van der Waals surface area contributed by atoms with Crippen LogP contribution in [0.25, 0.3) is 0 Å². The van der Waals surface area contributed by atoms with E-state index in [2.05, 4.69) is 0 Å². The molecule has 1 rings (SSSR count). The molecule has 1 atom stereocenters. The molecule has 0 aliphatic heterocycles. The van der Waals surface area contributed by atoms with Crippen molar-refractivity contribution in [3.05, 3.63) is 34.9 Å². The van der Waals surface area contributed by atoms with E-state index < -0.39 is 12.9 Å². The first-order valence-electron chi connectivity index (χ1n) is 5.30. The Hall–Kier alpha value is -0.670. The number of aliphatic hydroxyl groups is 1. The molecule has 0 radical (unpaired) electrons. The molecular weight excluding hydrogens is 239 g/mol. The smallest absolute Gasteiger partial charge is 0.365 e. The maximum Gasteiger partial charge on any atom is 0.365 e. The van der Waals surface area contributed by atoms with Crippen molar-refractivity contribution in [2.75, 3.05) is 14.2 Å². The molecule has 1 unspecified atom stereocenters. The van der Waals surface area contributed by atoms with Crippen molar-refractivity contribution in [3.8, 4) is 0 Å². The Kier molecular flexibility index (Phi) is 4.15. The summed E-state index contributed by atoms with van der Waals surface area (Å²) in [5, 5.41) is 8.75. The molecule has 0 heterocycles. The van der Waals surface area contributed by atoms with Crippen molar-refractivity contribution >= 4 is 7.60 Å². The normalized spacial score (nSPS) is 15.6. The summed E-state index contributed by atoms with van der Waals surface area (Å²) in [5.74, 6) is 0. The Balaban J connectivity index is 3.30. The van der Waals surface area contributed by atoms with Gasteiger partial charge in [0.05, 0.1) is 0 Å². The summed E-state index contributed by atoms with van der Waals surface area (Å²) in [6, 6.07) is 5.39. The average Bonchev–Trinajstić information content (AvgIpc) is 2.31. The van der Waals surface area contributed by atoms with Gasteiger partial charge in [-0.25, -0.2) is 0 Å². The summed E-state index contributed by atoms with van der Waals surface area (Å²) in [6.45, 7) is 5.34. The van der Waals surface area contributed by atoms with E-state index in [9.17, 15) is 9.67 Å². The lowest BCUT2D eigenvalue weighted by molar-refractivity contribution is 0.0931. The summed E-state index contributed by atoms with van der Waals surface area (Å²) in [5.41, 5.74) is 2.64. The molecule has 0 aromatic heterocycles. The van der Waals surface area contributed by atoms with Crippen LogP contribution in [-0.4, -0.2) is 19.3 Å². The number of rotatable bonds is 4. The quantitative estimate of drug-likeness (QED) is 0.843. The van der Waals surface area contributed by atoms with Gasteiger partial charge in [-0.15, -0.1) is 0 Å². The molecule has 0 amide bonds. The first kappa shape index (κ1) is 14.4. The van der Waals surface area contributed by atoms with Gasteiger partial charge < -0.3 is 14.2 Å². The van der Waals surface area contributed by atoms with Gasteiger partial charge in [0.15, 0.2) is 5.34 Å². The highest BCUT2D eigenvalue weighted by Gasteiger charge is 2.46. The van der Waals surface area contributed by atoms with Crippen LogP contribution in [0, 0.1) is 13.8 Å². The second-order valence-corrected chi connectivity index (χ2v) is 6.78. The monoisotopic (exact) mass is 258 g/mol. The fourth-order valence-corrected chi connectivity index (χ4v) is 2.94. The van der Waals surface area contributed by atoms with E-state index in [0.29, 0.717) is 5.56 Å². The fraction of sp³-hybridized carbons (Fsp3) is 0.500. The van der Waals surface area contributed by atoms with Crippen molar-refractivity contribution in [1.29, 1.82) is 0 Å². The molecule has 0 saturated heterocycles. The van der Waals surface area contributed by atoms with Gasteiger partial charge in [-0.2, -0.15) is 0 Å². The Morgan fingerprint density at radius 2 is 1.71 bits per heavy atom. The second kappa shape index (κ2) is 4.91. The average molecular weight is 258 g/mol. The van der Waals surface area contributed by atoms with E-state index in [4.69, 9.17) is 9.05 Å². The van der Waals surface area contributed by atoms with Gasteiger partial charge in [0.1, 0.15) is 0 Å². The molecular formula is C12H19O4P. The highest BCUT2D eigenvalue weighted by atomic mass is 31.2. The standard InChI is InChI=1S/C12H19O4P/c1-9-6-7-11(8-10(9)2)12(3,13)17(14,15-4)16-5/h6-8,13H,1-5H3. The lowest BCUT2D eigenvalue weighted by Gasteiger charge is -2.30. The van der Waals surface area contributed by atoms with Gasteiger partial charge in [-0.05, 0) is 37.5 Å². The molecule has 0 aliphatic rings. The third-order valence-electron chi connectivity index (χ3n) is 3.07. The van der Waals surface area contributed by atoms with Crippen molar-refractivity contribution < 1.29 is 18.7 Å². The van der Waals surface area contributed by atoms with E-state index in [-0.39, 0.29) is 0 Å². The maximum absolute atomic E-state index is 12.3. The Morgan fingerprint density at radius 3 is 2.12 bits per heavy atom. The first-order chi connectivity index (χ1) is 7.78. The molecule has 17 heavy (non-hydrogen) atoms. The van der Waals surface area contributed by atoms with Crippen molar-refractivity contribution in [3.63, 3.8) is 0 Å². The lowest BCUT2D eigenvalue weighted by atomic mass is 10.0. The second-order valence-electron chi connectivity index (χ2n) is 4.18. The van der Waals surface area contributed by atoms with Crippen LogP contribution in [0.4, 0.5) is 0 Å². The van der Waals surface area contributed by atoms with Gasteiger partial charge in [-0.1, -0.05) is 18.2 Å². The van der Waals surface area contributed by atoms with Crippen LogP contribution in [-0.2, 0) is 19.0 Å². The zero-order valence-corrected chi connectivity index (χ0v) is 11.7. The molecule has 1 aromatic carbocycles. The number of aryl methyl sites for hydroxylation is 2. The van der Waals surface area contributed by atoms with Crippen LogP contribution < -0.4 is 0 Å². The first-order valence-corrected chi connectivity index (χ1v) is 6.84. The van der Waals surface area contributed by atoms with Gasteiger partial charge in [-0.3, -0.25) is 4.57 Å². The SMILES string of the molecule is COP(=O)(OC)C(C)(O)c1ccc(C)c(C)c1. The Labute approximate surface area is 102 Å². The molecule has 0 spiro atoms. The van der Waals surface area contributed by atoms with Crippen LogP contribution in [0.3, 0.4) is 0 Å². The lowest BCUT2D eigenvalue weighted by Crippen LogP contribution is -2.23. The highest BCUT2D eigenvalue weighted by Crippen LogP contribution is 2.62. The van der Waals surface area contributed by atoms with E-state index in [1.54, 1.807) is 12.1 Å². The molecule has 5 heteroatoms. The fourth-order valence-electron chi connectivity index (χ4n) is 1.62. The van der Waals surface area contributed by atoms with E-state index in [1.807, 2.05) is 19.9 Å². The van der Waals surface area contributed by atoms with Crippen LogP contribution >= 0.6 is 7.60 Å². The molecule has 4 nitrogen and oxygen atoms in total. The Bertz CT molecular complexity index is 446. The summed E-state index contributed by atoms with van der Waals surface area (Å²) in [4.78, 5) is 0. The topological polar surface area (TPSA) is 55.8 Å². The third-order valence-corrected chi connectivity index (χ3v) is 5.35. The summed E-state index contributed by atoms with van der Waals surface area (Å²) in [6.07, 6.45) is 0. The van der Waals surface area contributed by atoms with Crippen LogP contribution in [0.1, 0.15) is 23.6 Å². The largest absolute Gasteiger partial charge is 0.373 e. The van der Waals surface area contributed by atoms with Crippen molar-refractivity contribution in [2.45, 2.75) is 26.1 Å². The van der Waals surface area contributed by atoms with Gasteiger partial charge in [0.25, 0.3) is 0 Å². The minimum absolute atomic E-state index is 0.521. The summed E-state index contributed by atoms with van der Waals surface area (Å²) < 4.78 is 22.0. The summed E-state index contributed by atoms with van der Waals surface area (Å²) in [7, 11) is -1.06. The van der Waals surface area contributed by atoms with Crippen LogP contribution in [0.15, 0.2) is 18.2 Å². The zero-order valence-electron chi connectivity index (χ0n) is 10.9. The van der Waals surface area contributed by atoms with E-state index in [0.717, 1.165) is 11.1 Å². The predicted molar refractivity (Wildman–Crippen MR) is 67.1 cm³/mol. The minimum Gasteiger partial charge on any atom is -0.373 e. The maximum atomic E-state index is 12.3. The van der Waals surface area contributed by atoms with Gasteiger partial charge in [0.2, 0.25) is 0 Å². The number of hydrogen-bond acceptors (Lipinski definition) is 4. The Morgan fingerprint density at radius 1 is 1.18 bits per heavy atom. The molecule has 0 saturated carbocycles. The predicted octanol–water partition coefficient (Wildman–Crippen LogP) is 2.95. The van der Waals surface area contributed by atoms with Crippen LogP contribution in [0.2, 0.25) is 0 Å². The van der Waals surface area contributed by atoms with Gasteiger partial charge >= 0.3 is 7.60 Å². The third kappa shape index (κ3) is 2.45. The minimum atomic E-state index is -3.59. The number of benzene rings is 1. The molecule has 1 N–H and O–H groups in total. The molecule has 0 bridgehead atoms. The van der Waals surface area contributed by atoms with Crippen LogP contribution in [0.5, 0.6) is 0 Å².